The van der Waals surface area contributed by atoms with Gasteiger partial charge in [-0.3, -0.25) is 4.79 Å². The van der Waals surface area contributed by atoms with Crippen molar-refractivity contribution in [3.05, 3.63) is 35.0 Å². The van der Waals surface area contributed by atoms with Crippen LogP contribution in [0.3, 0.4) is 0 Å². The third kappa shape index (κ3) is 2.43. The van der Waals surface area contributed by atoms with Crippen molar-refractivity contribution in [1.82, 2.24) is 15.6 Å². The van der Waals surface area contributed by atoms with Crippen LogP contribution in [0, 0.1) is 13.8 Å². The van der Waals surface area contributed by atoms with Crippen LogP contribution in [-0.4, -0.2) is 30.0 Å². The molecule has 4 heteroatoms. The summed E-state index contributed by atoms with van der Waals surface area (Å²) in [4.78, 5) is 15.7. The van der Waals surface area contributed by atoms with E-state index in [0.717, 1.165) is 42.4 Å². The molecule has 0 bridgehead atoms. The van der Waals surface area contributed by atoms with Gasteiger partial charge in [-0.05, 0) is 50.9 Å². The van der Waals surface area contributed by atoms with Crippen LogP contribution >= 0.6 is 0 Å². The highest BCUT2D eigenvalue weighted by Crippen LogP contribution is 2.23. The monoisotopic (exact) mass is 271 g/mol. The maximum atomic E-state index is 12.4. The molecular weight excluding hydrogens is 250 g/mol. The number of aryl methyl sites for hydroxylation is 2. The molecule has 0 aliphatic carbocycles. The van der Waals surface area contributed by atoms with Crippen LogP contribution in [0.5, 0.6) is 0 Å². The summed E-state index contributed by atoms with van der Waals surface area (Å²) in [5.41, 5.74) is 3.96. The van der Waals surface area contributed by atoms with E-state index in [1.807, 2.05) is 13.0 Å². The van der Waals surface area contributed by atoms with E-state index in [0.29, 0.717) is 5.69 Å². The van der Waals surface area contributed by atoms with Crippen molar-refractivity contribution in [2.24, 2.45) is 0 Å². The lowest BCUT2D eigenvalue weighted by molar-refractivity contribution is 0.0926. The van der Waals surface area contributed by atoms with Gasteiger partial charge in [-0.25, -0.2) is 0 Å². The molecule has 1 amide bonds. The highest BCUT2D eigenvalue weighted by molar-refractivity contribution is 6.01. The molecule has 2 heterocycles. The molecule has 1 aromatic carbocycles. The first-order valence-electron chi connectivity index (χ1n) is 7.25. The van der Waals surface area contributed by atoms with E-state index < -0.39 is 0 Å². The fourth-order valence-corrected chi connectivity index (χ4v) is 2.90. The first-order valence-corrected chi connectivity index (χ1v) is 7.25. The highest BCUT2D eigenvalue weighted by Gasteiger charge is 2.19. The predicted octanol–water partition coefficient (Wildman–Crippen LogP) is 2.27. The lowest BCUT2D eigenvalue weighted by Crippen LogP contribution is -2.45. The first kappa shape index (κ1) is 13.2. The molecule has 0 saturated carbocycles. The van der Waals surface area contributed by atoms with Gasteiger partial charge in [-0.2, -0.15) is 0 Å². The molecule has 1 atom stereocenters. The Kier molecular flexibility index (Phi) is 3.49. The van der Waals surface area contributed by atoms with E-state index >= 15 is 0 Å². The summed E-state index contributed by atoms with van der Waals surface area (Å²) < 4.78 is 0. The Morgan fingerprint density at radius 1 is 1.35 bits per heavy atom. The molecule has 20 heavy (non-hydrogen) atoms. The second-order valence-corrected chi connectivity index (χ2v) is 5.69. The van der Waals surface area contributed by atoms with Crippen LogP contribution in [0.2, 0.25) is 0 Å². The summed E-state index contributed by atoms with van der Waals surface area (Å²) in [6.07, 6.45) is 2.17. The van der Waals surface area contributed by atoms with Gasteiger partial charge in [0, 0.05) is 23.5 Å². The number of amides is 1. The molecule has 1 aromatic heterocycles. The van der Waals surface area contributed by atoms with Crippen molar-refractivity contribution in [2.45, 2.75) is 32.7 Å². The Hall–Kier alpha value is -1.81. The number of aromatic nitrogens is 1. The number of benzene rings is 1. The number of fused-ring (bicyclic) bond motifs is 1. The Bertz CT molecular complexity index is 638. The Balaban J connectivity index is 1.85. The fraction of sp³-hybridized carbons (Fsp3) is 0.438. The number of aromatic amines is 1. The second kappa shape index (κ2) is 5.29. The number of hydrogen-bond acceptors (Lipinski definition) is 2. The van der Waals surface area contributed by atoms with Gasteiger partial charge in [0.05, 0.1) is 0 Å². The molecule has 1 unspecified atom stereocenters. The minimum absolute atomic E-state index is 0.00468. The average Bonchev–Trinajstić information content (AvgIpc) is 2.77. The Morgan fingerprint density at radius 2 is 2.20 bits per heavy atom. The minimum Gasteiger partial charge on any atom is -0.350 e. The number of piperidine rings is 1. The van der Waals surface area contributed by atoms with Crippen molar-refractivity contribution >= 4 is 16.8 Å². The fourth-order valence-electron chi connectivity index (χ4n) is 2.90. The maximum absolute atomic E-state index is 12.4. The van der Waals surface area contributed by atoms with Gasteiger partial charge < -0.3 is 15.6 Å². The van der Waals surface area contributed by atoms with Crippen molar-refractivity contribution in [3.8, 4) is 0 Å². The molecule has 0 spiro atoms. The number of nitrogens with one attached hydrogen (secondary N) is 3. The van der Waals surface area contributed by atoms with E-state index in [1.165, 1.54) is 5.56 Å². The molecule has 2 aromatic rings. The van der Waals surface area contributed by atoms with Crippen LogP contribution in [0.15, 0.2) is 18.2 Å². The van der Waals surface area contributed by atoms with E-state index in [1.54, 1.807) is 0 Å². The maximum Gasteiger partial charge on any atom is 0.268 e. The van der Waals surface area contributed by atoms with E-state index in [-0.39, 0.29) is 11.9 Å². The first-order chi connectivity index (χ1) is 9.65. The van der Waals surface area contributed by atoms with Gasteiger partial charge in [-0.1, -0.05) is 11.6 Å². The molecule has 1 saturated heterocycles. The number of H-pyrrole nitrogens is 1. The second-order valence-electron chi connectivity index (χ2n) is 5.69. The summed E-state index contributed by atoms with van der Waals surface area (Å²) in [5.74, 6) is 0.00468. The number of hydrogen-bond donors (Lipinski definition) is 3. The molecule has 3 N–H and O–H groups in total. The van der Waals surface area contributed by atoms with Crippen LogP contribution < -0.4 is 10.6 Å². The number of carbonyl (C=O) groups excluding carboxylic acids is 1. The van der Waals surface area contributed by atoms with Gasteiger partial charge in [0.15, 0.2) is 0 Å². The topological polar surface area (TPSA) is 56.9 Å². The standard InChI is InChI=1S/C16H21N3O/c1-10-5-6-14-13(8-10)11(2)15(19-14)16(20)18-12-4-3-7-17-9-12/h5-6,8,12,17,19H,3-4,7,9H2,1-2H3,(H,18,20). The lowest BCUT2D eigenvalue weighted by atomic mass is 10.1. The zero-order chi connectivity index (χ0) is 14.1. The van der Waals surface area contributed by atoms with Crippen molar-refractivity contribution < 1.29 is 4.79 Å². The molecule has 4 nitrogen and oxygen atoms in total. The van der Waals surface area contributed by atoms with Gasteiger partial charge in [0.1, 0.15) is 5.69 Å². The van der Waals surface area contributed by atoms with Gasteiger partial charge >= 0.3 is 0 Å². The van der Waals surface area contributed by atoms with Crippen molar-refractivity contribution in [1.29, 1.82) is 0 Å². The molecular formula is C16H21N3O. The highest BCUT2D eigenvalue weighted by atomic mass is 16.2. The van der Waals surface area contributed by atoms with Crippen LogP contribution in [0.1, 0.15) is 34.5 Å². The molecule has 0 radical (unpaired) electrons. The molecule has 106 valence electrons. The van der Waals surface area contributed by atoms with Gasteiger partial charge in [0.25, 0.3) is 5.91 Å². The van der Waals surface area contributed by atoms with Crippen molar-refractivity contribution in [2.75, 3.05) is 13.1 Å². The zero-order valence-corrected chi connectivity index (χ0v) is 12.0. The van der Waals surface area contributed by atoms with Gasteiger partial charge in [0.2, 0.25) is 0 Å². The van der Waals surface area contributed by atoms with Crippen LogP contribution in [0.4, 0.5) is 0 Å². The van der Waals surface area contributed by atoms with E-state index in [4.69, 9.17) is 0 Å². The number of carbonyl (C=O) groups is 1. The minimum atomic E-state index is 0.00468. The SMILES string of the molecule is Cc1ccc2[nH]c(C(=O)NC3CCCNC3)c(C)c2c1. The molecule has 1 aliphatic heterocycles. The summed E-state index contributed by atoms with van der Waals surface area (Å²) in [5, 5.41) is 7.57. The summed E-state index contributed by atoms with van der Waals surface area (Å²) in [7, 11) is 0. The summed E-state index contributed by atoms with van der Waals surface area (Å²) in [6.45, 7) is 5.99. The average molecular weight is 271 g/mol. The Labute approximate surface area is 118 Å². The zero-order valence-electron chi connectivity index (χ0n) is 12.0. The summed E-state index contributed by atoms with van der Waals surface area (Å²) >= 11 is 0. The van der Waals surface area contributed by atoms with Gasteiger partial charge in [-0.15, -0.1) is 0 Å². The molecule has 3 rings (SSSR count). The third-order valence-electron chi connectivity index (χ3n) is 4.07. The van der Waals surface area contributed by atoms with Crippen molar-refractivity contribution in [3.63, 3.8) is 0 Å². The molecule has 1 fully saturated rings. The van der Waals surface area contributed by atoms with E-state index in [9.17, 15) is 4.79 Å². The summed E-state index contributed by atoms with van der Waals surface area (Å²) in [6, 6.07) is 6.46. The lowest BCUT2D eigenvalue weighted by Gasteiger charge is -2.23. The third-order valence-corrected chi connectivity index (χ3v) is 4.07. The smallest absolute Gasteiger partial charge is 0.268 e. The molecule has 1 aliphatic rings. The largest absolute Gasteiger partial charge is 0.350 e. The van der Waals surface area contributed by atoms with E-state index in [2.05, 4.69) is 34.7 Å². The normalized spacial score (nSPS) is 19.2. The number of rotatable bonds is 2. The van der Waals surface area contributed by atoms with Crippen LogP contribution in [-0.2, 0) is 0 Å². The predicted molar refractivity (Wildman–Crippen MR) is 81.1 cm³/mol. The van der Waals surface area contributed by atoms with Crippen LogP contribution in [0.25, 0.3) is 10.9 Å². The Morgan fingerprint density at radius 3 is 2.95 bits per heavy atom. The quantitative estimate of drug-likeness (QED) is 0.785.